The summed E-state index contributed by atoms with van der Waals surface area (Å²) in [5, 5.41) is 20.7. The standard InChI is InChI=1S/C13H20N4O/c1-4-10-11(9-14)13(15-7-6-8-18-3)17-16-12(10)5-2/h4-8H2,1-3H3,(H,15,17). The van der Waals surface area contributed by atoms with E-state index in [0.29, 0.717) is 18.0 Å². The molecule has 18 heavy (non-hydrogen) atoms. The molecule has 98 valence electrons. The quantitative estimate of drug-likeness (QED) is 0.746. The molecule has 1 N–H and O–H groups in total. The van der Waals surface area contributed by atoms with Crippen LogP contribution in [-0.2, 0) is 17.6 Å². The number of rotatable bonds is 7. The van der Waals surface area contributed by atoms with Crippen molar-refractivity contribution in [3.8, 4) is 6.07 Å². The first-order valence-electron chi connectivity index (χ1n) is 6.29. The third-order valence-electron chi connectivity index (χ3n) is 2.78. The van der Waals surface area contributed by atoms with Crippen molar-refractivity contribution in [2.75, 3.05) is 25.6 Å². The van der Waals surface area contributed by atoms with E-state index >= 15 is 0 Å². The summed E-state index contributed by atoms with van der Waals surface area (Å²) in [5.41, 5.74) is 2.54. The second kappa shape index (κ2) is 7.62. The fourth-order valence-electron chi connectivity index (χ4n) is 1.84. The van der Waals surface area contributed by atoms with Gasteiger partial charge >= 0.3 is 0 Å². The maximum absolute atomic E-state index is 9.27. The van der Waals surface area contributed by atoms with E-state index in [1.165, 1.54) is 0 Å². The zero-order chi connectivity index (χ0) is 13.4. The molecule has 5 heteroatoms. The third kappa shape index (κ3) is 3.41. The fourth-order valence-corrected chi connectivity index (χ4v) is 1.84. The maximum atomic E-state index is 9.27. The molecule has 0 atom stereocenters. The summed E-state index contributed by atoms with van der Waals surface area (Å²) in [4.78, 5) is 0. The Kier molecular flexibility index (Phi) is 6.09. The molecule has 0 aromatic carbocycles. The number of aromatic nitrogens is 2. The average Bonchev–Trinajstić information content (AvgIpc) is 2.42. The maximum Gasteiger partial charge on any atom is 0.166 e. The normalized spacial score (nSPS) is 10.1. The monoisotopic (exact) mass is 248 g/mol. The molecule has 0 radical (unpaired) electrons. The van der Waals surface area contributed by atoms with Crippen LogP contribution in [-0.4, -0.2) is 30.5 Å². The third-order valence-corrected chi connectivity index (χ3v) is 2.78. The number of nitrogens with one attached hydrogen (secondary N) is 1. The summed E-state index contributed by atoms with van der Waals surface area (Å²) in [7, 11) is 1.67. The zero-order valence-electron chi connectivity index (χ0n) is 11.3. The van der Waals surface area contributed by atoms with Crippen LogP contribution < -0.4 is 5.32 Å². The van der Waals surface area contributed by atoms with Gasteiger partial charge in [0.1, 0.15) is 11.6 Å². The van der Waals surface area contributed by atoms with Crippen LogP contribution in [0.2, 0.25) is 0 Å². The number of methoxy groups -OCH3 is 1. The van der Waals surface area contributed by atoms with E-state index < -0.39 is 0 Å². The van der Waals surface area contributed by atoms with Crippen molar-refractivity contribution in [3.05, 3.63) is 16.8 Å². The van der Waals surface area contributed by atoms with Gasteiger partial charge in [-0.1, -0.05) is 13.8 Å². The lowest BCUT2D eigenvalue weighted by atomic mass is 10.0. The molecule has 0 amide bonds. The number of hydrogen-bond donors (Lipinski definition) is 1. The molecule has 1 aromatic rings. The Morgan fingerprint density at radius 2 is 2.06 bits per heavy atom. The lowest BCUT2D eigenvalue weighted by Gasteiger charge is -2.11. The minimum Gasteiger partial charge on any atom is -0.385 e. The lowest BCUT2D eigenvalue weighted by molar-refractivity contribution is 0.197. The Hall–Kier alpha value is -1.67. The highest BCUT2D eigenvalue weighted by molar-refractivity contribution is 5.56. The van der Waals surface area contributed by atoms with Crippen LogP contribution in [0.1, 0.15) is 37.1 Å². The second-order valence-electron chi connectivity index (χ2n) is 3.94. The summed E-state index contributed by atoms with van der Waals surface area (Å²) in [6.07, 6.45) is 2.48. The van der Waals surface area contributed by atoms with E-state index in [9.17, 15) is 5.26 Å². The number of nitrogens with zero attached hydrogens (tertiary/aromatic N) is 3. The fraction of sp³-hybridized carbons (Fsp3) is 0.615. The molecule has 0 unspecified atom stereocenters. The van der Waals surface area contributed by atoms with Crippen molar-refractivity contribution in [3.63, 3.8) is 0 Å². The molecule has 0 spiro atoms. The Bertz CT molecular complexity index is 426. The summed E-state index contributed by atoms with van der Waals surface area (Å²) in [5.74, 6) is 0.586. The summed E-state index contributed by atoms with van der Waals surface area (Å²) in [6, 6.07) is 2.23. The number of hydrogen-bond acceptors (Lipinski definition) is 5. The van der Waals surface area contributed by atoms with Crippen LogP contribution in [0.3, 0.4) is 0 Å². The average molecular weight is 248 g/mol. The molecule has 0 saturated carbocycles. The molecule has 0 bridgehead atoms. The molecule has 5 nitrogen and oxygen atoms in total. The predicted molar refractivity (Wildman–Crippen MR) is 70.5 cm³/mol. The van der Waals surface area contributed by atoms with Gasteiger partial charge in [-0.2, -0.15) is 10.4 Å². The summed E-state index contributed by atoms with van der Waals surface area (Å²) >= 11 is 0. The van der Waals surface area contributed by atoms with Crippen molar-refractivity contribution in [1.82, 2.24) is 10.2 Å². The van der Waals surface area contributed by atoms with Gasteiger partial charge in [-0.15, -0.1) is 5.10 Å². The van der Waals surface area contributed by atoms with Crippen molar-refractivity contribution >= 4 is 5.82 Å². The van der Waals surface area contributed by atoms with E-state index in [2.05, 4.69) is 21.6 Å². The first kappa shape index (κ1) is 14.4. The second-order valence-corrected chi connectivity index (χ2v) is 3.94. The SMILES string of the molecule is CCc1nnc(NCCCOC)c(C#N)c1CC. The van der Waals surface area contributed by atoms with E-state index in [4.69, 9.17) is 4.74 Å². The first-order chi connectivity index (χ1) is 8.78. The van der Waals surface area contributed by atoms with Crippen molar-refractivity contribution in [2.45, 2.75) is 33.1 Å². The number of anilines is 1. The molecule has 0 aliphatic rings. The van der Waals surface area contributed by atoms with Gasteiger partial charge in [-0.25, -0.2) is 0 Å². The largest absolute Gasteiger partial charge is 0.385 e. The highest BCUT2D eigenvalue weighted by Crippen LogP contribution is 2.19. The van der Waals surface area contributed by atoms with Crippen LogP contribution in [0.25, 0.3) is 0 Å². The van der Waals surface area contributed by atoms with Crippen LogP contribution in [0, 0.1) is 11.3 Å². The molecular weight excluding hydrogens is 228 g/mol. The van der Waals surface area contributed by atoms with Crippen LogP contribution in [0.15, 0.2) is 0 Å². The summed E-state index contributed by atoms with van der Waals surface area (Å²) in [6.45, 7) is 5.48. The molecule has 1 heterocycles. The van der Waals surface area contributed by atoms with Gasteiger partial charge < -0.3 is 10.1 Å². The van der Waals surface area contributed by atoms with Crippen molar-refractivity contribution < 1.29 is 4.74 Å². The van der Waals surface area contributed by atoms with Crippen LogP contribution in [0.4, 0.5) is 5.82 Å². The molecule has 0 saturated heterocycles. The van der Waals surface area contributed by atoms with Crippen LogP contribution >= 0.6 is 0 Å². The molecule has 1 rings (SSSR count). The molecule has 0 fully saturated rings. The number of aryl methyl sites for hydroxylation is 1. The van der Waals surface area contributed by atoms with Crippen molar-refractivity contribution in [1.29, 1.82) is 5.26 Å². The van der Waals surface area contributed by atoms with Gasteiger partial charge in [-0.3, -0.25) is 0 Å². The molecule has 1 aromatic heterocycles. The Labute approximate surface area is 108 Å². The Balaban J connectivity index is 2.89. The lowest BCUT2D eigenvalue weighted by Crippen LogP contribution is -2.12. The van der Waals surface area contributed by atoms with Gasteiger partial charge in [0, 0.05) is 20.3 Å². The smallest absolute Gasteiger partial charge is 0.166 e. The number of nitriles is 1. The topological polar surface area (TPSA) is 70.8 Å². The predicted octanol–water partition coefficient (Wildman–Crippen LogP) is 1.92. The number of ether oxygens (including phenoxy) is 1. The first-order valence-corrected chi connectivity index (χ1v) is 6.29. The minimum absolute atomic E-state index is 0.586. The Morgan fingerprint density at radius 1 is 1.28 bits per heavy atom. The van der Waals surface area contributed by atoms with Gasteiger partial charge in [0.05, 0.1) is 5.69 Å². The van der Waals surface area contributed by atoms with E-state index in [0.717, 1.165) is 37.1 Å². The molecule has 0 aliphatic heterocycles. The van der Waals surface area contributed by atoms with E-state index in [1.54, 1.807) is 7.11 Å². The van der Waals surface area contributed by atoms with Gasteiger partial charge in [0.2, 0.25) is 0 Å². The van der Waals surface area contributed by atoms with Crippen LogP contribution in [0.5, 0.6) is 0 Å². The summed E-state index contributed by atoms with van der Waals surface area (Å²) < 4.78 is 4.98. The van der Waals surface area contributed by atoms with E-state index in [1.807, 2.05) is 13.8 Å². The van der Waals surface area contributed by atoms with Gasteiger partial charge in [0.15, 0.2) is 5.82 Å². The minimum atomic E-state index is 0.586. The zero-order valence-corrected chi connectivity index (χ0v) is 11.3. The Morgan fingerprint density at radius 3 is 2.61 bits per heavy atom. The molecular formula is C13H20N4O. The van der Waals surface area contributed by atoms with Crippen molar-refractivity contribution in [2.24, 2.45) is 0 Å². The van der Waals surface area contributed by atoms with Gasteiger partial charge in [0.25, 0.3) is 0 Å². The highest BCUT2D eigenvalue weighted by Gasteiger charge is 2.13. The van der Waals surface area contributed by atoms with E-state index in [-0.39, 0.29) is 0 Å². The highest BCUT2D eigenvalue weighted by atomic mass is 16.5. The molecule has 0 aliphatic carbocycles. The van der Waals surface area contributed by atoms with Gasteiger partial charge in [-0.05, 0) is 24.8 Å².